The van der Waals surface area contributed by atoms with Crippen LogP contribution in [0.3, 0.4) is 0 Å². The van der Waals surface area contributed by atoms with Gasteiger partial charge in [0.25, 0.3) is 0 Å². The number of nitrogens with two attached hydrogens (primary N) is 2. The zero-order valence-corrected chi connectivity index (χ0v) is 9.24. The third-order valence-corrected chi connectivity index (χ3v) is 1.50. The molecule has 0 amide bonds. The van der Waals surface area contributed by atoms with Crippen LogP contribution in [-0.4, -0.2) is 29.5 Å². The van der Waals surface area contributed by atoms with E-state index in [1.807, 2.05) is 0 Å². The van der Waals surface area contributed by atoms with Gasteiger partial charge in [-0.05, 0) is 14.1 Å². The Hall–Kier alpha value is -0.880. The molecular weight excluding hydrogens is 184 g/mol. The number of hydrogen-bond donors (Lipinski definition) is 5. The molecule has 0 saturated heterocycles. The second-order valence-corrected chi connectivity index (χ2v) is 2.41. The van der Waals surface area contributed by atoms with E-state index >= 15 is 0 Å². The highest BCUT2D eigenvalue weighted by Gasteiger charge is 1.95. The highest BCUT2D eigenvalue weighted by atomic mass is 16.8. The molecule has 0 spiro atoms. The van der Waals surface area contributed by atoms with Crippen molar-refractivity contribution in [3.05, 3.63) is 0 Å². The molecule has 1 rings (SSSR count). The van der Waals surface area contributed by atoms with Crippen LogP contribution in [0.2, 0.25) is 0 Å². The summed E-state index contributed by atoms with van der Waals surface area (Å²) in [6.45, 7) is 0. The van der Waals surface area contributed by atoms with Crippen molar-refractivity contribution in [1.82, 2.24) is 0 Å². The van der Waals surface area contributed by atoms with Crippen molar-refractivity contribution in [2.75, 3.05) is 14.1 Å². The van der Waals surface area contributed by atoms with Crippen LogP contribution < -0.4 is 11.5 Å². The third kappa shape index (κ3) is 43.4. The lowest BCUT2D eigenvalue weighted by Crippen LogP contribution is -1.86. The van der Waals surface area contributed by atoms with Crippen molar-refractivity contribution in [3.8, 4) is 0 Å². The number of nitrogens with zero attached hydrogens (tertiary/aromatic N) is 1. The summed E-state index contributed by atoms with van der Waals surface area (Å²) in [6.07, 6.45) is 9.00. The van der Waals surface area contributed by atoms with E-state index in [4.69, 9.17) is 15.9 Å². The van der Waals surface area contributed by atoms with Crippen LogP contribution in [0.25, 0.3) is 0 Å². The highest BCUT2D eigenvalue weighted by molar-refractivity contribution is 4.51. The molecule has 1 aliphatic carbocycles. The molecule has 6 heteroatoms. The number of rotatable bonds is 0. The summed E-state index contributed by atoms with van der Waals surface area (Å²) in [7, 11) is 3.00. The Labute approximate surface area is 85.9 Å². The molecule has 0 bridgehead atoms. The summed E-state index contributed by atoms with van der Waals surface area (Å²) in [5.74, 6) is 0. The molecule has 1 aliphatic rings. The molecule has 14 heavy (non-hydrogen) atoms. The molecule has 0 aliphatic heterocycles. The minimum absolute atomic E-state index is 0.750. The largest absolute Gasteiger partial charge is 0.333 e. The molecule has 0 radical (unpaired) electrons. The van der Waals surface area contributed by atoms with Gasteiger partial charge in [0, 0.05) is 5.53 Å². The maximum Gasteiger partial charge on any atom is 0.326 e. The predicted molar refractivity (Wildman–Crippen MR) is 54.5 cm³/mol. The fraction of sp³-hybridized carbons (Fsp3) is 1.00. The van der Waals surface area contributed by atoms with Crippen molar-refractivity contribution in [1.29, 1.82) is 5.53 Å². The normalized spacial score (nSPS) is 12.9. The van der Waals surface area contributed by atoms with E-state index in [0.29, 0.717) is 0 Å². The summed E-state index contributed by atoms with van der Waals surface area (Å²) in [5, 5.41) is 13.5. The lowest BCUT2D eigenvalue weighted by atomic mass is 10.0. The maximum atomic E-state index is 7.11. The molecule has 0 atom stereocenters. The van der Waals surface area contributed by atoms with E-state index in [1.165, 1.54) is 52.6 Å². The van der Waals surface area contributed by atoms with Crippen LogP contribution in [0, 0.1) is 5.53 Å². The van der Waals surface area contributed by atoms with Gasteiger partial charge in [0.15, 0.2) is 0 Å². The van der Waals surface area contributed by atoms with Gasteiger partial charge in [-0.2, -0.15) is 0 Å². The molecule has 0 aromatic rings. The van der Waals surface area contributed by atoms with E-state index in [1.54, 1.807) is 0 Å². The first-order valence-corrected chi connectivity index (χ1v) is 4.78. The Balaban J connectivity index is -0.000000134. The molecule has 0 aromatic heterocycles. The average Bonchev–Trinajstić information content (AvgIpc) is 2.25. The fourth-order valence-electron chi connectivity index (χ4n) is 1.06. The van der Waals surface area contributed by atoms with E-state index in [-0.39, 0.29) is 0 Å². The lowest BCUT2D eigenvalue weighted by molar-refractivity contribution is -1.01. The zero-order valence-electron chi connectivity index (χ0n) is 9.24. The van der Waals surface area contributed by atoms with Gasteiger partial charge in [0.1, 0.15) is 0 Å². The Kier molecular flexibility index (Phi) is 30.6. The average molecular weight is 209 g/mol. The van der Waals surface area contributed by atoms with E-state index in [2.05, 4.69) is 11.5 Å². The Bertz CT molecular complexity index is 81.8. The standard InChI is InChI=1S/C6H12.2CH5N.H3N2O2/c1-2-4-6-5-3-1;2*1-2;1-2(3)4/h1-6H2;2*2H2,1H3;(H3,1,3,4)/q;;;+1. The minimum atomic E-state index is -0.750. The number of hydrogen-bond acceptors (Lipinski definition) is 3. The van der Waals surface area contributed by atoms with Crippen molar-refractivity contribution in [2.24, 2.45) is 11.5 Å². The summed E-state index contributed by atoms with van der Waals surface area (Å²) in [6, 6.07) is 0. The van der Waals surface area contributed by atoms with Gasteiger partial charge >= 0.3 is 5.02 Å². The van der Waals surface area contributed by atoms with Crippen LogP contribution in [0.5, 0.6) is 0 Å². The van der Waals surface area contributed by atoms with Gasteiger partial charge in [0.05, 0.1) is 0 Å². The summed E-state index contributed by atoms with van der Waals surface area (Å²) >= 11 is 0. The molecule has 6 nitrogen and oxygen atoms in total. The van der Waals surface area contributed by atoms with Crippen LogP contribution in [0.1, 0.15) is 38.5 Å². The first kappa shape index (κ1) is 18.8. The minimum Gasteiger partial charge on any atom is -0.333 e. The van der Waals surface area contributed by atoms with Crippen LogP contribution in [-0.2, 0) is 0 Å². The Morgan fingerprint density at radius 2 is 0.857 bits per heavy atom. The van der Waals surface area contributed by atoms with E-state index in [0.717, 1.165) is 0 Å². The fourth-order valence-corrected chi connectivity index (χ4v) is 1.06. The van der Waals surface area contributed by atoms with Crippen molar-refractivity contribution >= 4 is 0 Å². The van der Waals surface area contributed by atoms with Crippen LogP contribution in [0.15, 0.2) is 0 Å². The number of nitrogens with one attached hydrogen (secondary N) is 1. The monoisotopic (exact) mass is 209 g/mol. The quantitative estimate of drug-likeness (QED) is 0.305. The van der Waals surface area contributed by atoms with Crippen LogP contribution in [0.4, 0.5) is 0 Å². The smallest absolute Gasteiger partial charge is 0.326 e. The van der Waals surface area contributed by atoms with Crippen LogP contribution >= 0.6 is 0 Å². The first-order valence-electron chi connectivity index (χ1n) is 4.78. The van der Waals surface area contributed by atoms with E-state index in [9.17, 15) is 0 Å². The molecule has 1 fully saturated rings. The topological polar surface area (TPSA) is 119 Å². The Morgan fingerprint density at radius 3 is 0.929 bits per heavy atom. The molecule has 88 valence electrons. The molecule has 0 unspecified atom stereocenters. The summed E-state index contributed by atoms with van der Waals surface area (Å²) in [4.78, 5) is 0. The molecule has 0 heterocycles. The Morgan fingerprint density at radius 1 is 0.786 bits per heavy atom. The lowest BCUT2D eigenvalue weighted by Gasteiger charge is -2.05. The molecule has 7 N–H and O–H groups in total. The van der Waals surface area contributed by atoms with Crippen molar-refractivity contribution in [2.45, 2.75) is 38.5 Å². The summed E-state index contributed by atoms with van der Waals surface area (Å²) in [5.41, 5.74) is 14.5. The van der Waals surface area contributed by atoms with Gasteiger partial charge in [-0.15, -0.1) is 0 Å². The predicted octanol–water partition coefficient (Wildman–Crippen LogP) is 1.30. The van der Waals surface area contributed by atoms with Gasteiger partial charge in [-0.25, -0.2) is 10.4 Å². The SMILES string of the molecule is C1CCCCC1.CN.CN.N=[N+](O)O. The summed E-state index contributed by atoms with van der Waals surface area (Å²) < 4.78 is 0. The zero-order chi connectivity index (χ0) is 11.8. The van der Waals surface area contributed by atoms with Gasteiger partial charge in [0.2, 0.25) is 0 Å². The second kappa shape index (κ2) is 22.7. The third-order valence-electron chi connectivity index (χ3n) is 1.50. The van der Waals surface area contributed by atoms with Crippen molar-refractivity contribution in [3.63, 3.8) is 0 Å². The van der Waals surface area contributed by atoms with E-state index < -0.39 is 5.02 Å². The van der Waals surface area contributed by atoms with Gasteiger partial charge < -0.3 is 11.5 Å². The second-order valence-electron chi connectivity index (χ2n) is 2.41. The molecular formula is C8H25N4O2+. The van der Waals surface area contributed by atoms with Gasteiger partial charge in [-0.1, -0.05) is 38.5 Å². The van der Waals surface area contributed by atoms with Gasteiger partial charge in [-0.3, -0.25) is 0 Å². The first-order chi connectivity index (χ1) is 6.73. The molecule has 0 aromatic carbocycles. The highest BCUT2D eigenvalue weighted by Crippen LogP contribution is 2.15. The molecule has 1 saturated carbocycles. The maximum absolute atomic E-state index is 7.11. The van der Waals surface area contributed by atoms with Crippen molar-refractivity contribution < 1.29 is 15.4 Å².